The summed E-state index contributed by atoms with van der Waals surface area (Å²) in [6, 6.07) is 0. The molecule has 1 N–H and O–H groups in total. The van der Waals surface area contributed by atoms with Gasteiger partial charge in [0.25, 0.3) is 0 Å². The Morgan fingerprint density at radius 3 is 2.44 bits per heavy atom. The molecule has 90 valence electrons. The van der Waals surface area contributed by atoms with Crippen molar-refractivity contribution in [2.75, 3.05) is 0 Å². The molecule has 2 heteroatoms. The lowest BCUT2D eigenvalue weighted by molar-refractivity contribution is -0.150. The Balaban J connectivity index is 1.70. The Kier molecular flexibility index (Phi) is 2.49. The van der Waals surface area contributed by atoms with Crippen LogP contribution in [0, 0.1) is 23.2 Å². The topological polar surface area (TPSA) is 37.3 Å². The van der Waals surface area contributed by atoms with Crippen LogP contribution in [0.25, 0.3) is 0 Å². The molecule has 0 saturated heterocycles. The normalized spacial score (nSPS) is 40.4. The first-order chi connectivity index (χ1) is 7.70. The molecular formula is C14H22O2. The lowest BCUT2D eigenvalue weighted by Crippen LogP contribution is -2.31. The fourth-order valence-corrected chi connectivity index (χ4v) is 4.69. The molecule has 3 unspecified atom stereocenters. The van der Waals surface area contributed by atoms with Crippen molar-refractivity contribution in [3.8, 4) is 0 Å². The van der Waals surface area contributed by atoms with Gasteiger partial charge in [0.05, 0.1) is 5.41 Å². The molecule has 0 aromatic carbocycles. The molecule has 3 saturated carbocycles. The van der Waals surface area contributed by atoms with E-state index in [0.29, 0.717) is 0 Å². The van der Waals surface area contributed by atoms with Crippen molar-refractivity contribution in [3.05, 3.63) is 0 Å². The molecule has 3 fully saturated rings. The predicted molar refractivity (Wildman–Crippen MR) is 62.1 cm³/mol. The van der Waals surface area contributed by atoms with Crippen LogP contribution in [0.4, 0.5) is 0 Å². The van der Waals surface area contributed by atoms with E-state index in [1.807, 2.05) is 0 Å². The highest BCUT2D eigenvalue weighted by molar-refractivity contribution is 5.75. The predicted octanol–water partition coefficient (Wildman–Crippen LogP) is 3.46. The number of carboxylic acid groups (broad SMARTS) is 1. The molecule has 2 bridgehead atoms. The maximum absolute atomic E-state index is 11.5. The largest absolute Gasteiger partial charge is 0.481 e. The van der Waals surface area contributed by atoms with Gasteiger partial charge in [-0.15, -0.1) is 0 Å². The zero-order valence-electron chi connectivity index (χ0n) is 9.95. The molecule has 0 amide bonds. The second-order valence-electron chi connectivity index (χ2n) is 6.43. The monoisotopic (exact) mass is 222 g/mol. The van der Waals surface area contributed by atoms with E-state index in [9.17, 15) is 9.90 Å². The van der Waals surface area contributed by atoms with Crippen LogP contribution in [0.3, 0.4) is 0 Å². The smallest absolute Gasteiger partial charge is 0.309 e. The number of fused-ring (bicyclic) bond motifs is 2. The molecule has 3 aliphatic carbocycles. The van der Waals surface area contributed by atoms with Gasteiger partial charge in [-0.05, 0) is 56.3 Å². The van der Waals surface area contributed by atoms with Crippen molar-refractivity contribution in [3.63, 3.8) is 0 Å². The Morgan fingerprint density at radius 1 is 1.19 bits per heavy atom. The maximum atomic E-state index is 11.5. The van der Waals surface area contributed by atoms with Gasteiger partial charge in [-0.25, -0.2) is 0 Å². The number of rotatable bonds is 3. The van der Waals surface area contributed by atoms with E-state index < -0.39 is 5.97 Å². The minimum absolute atomic E-state index is 0.324. The SMILES string of the molecule is O=C(O)C1(CC2CC3CCC2C3)CCCC1. The lowest BCUT2D eigenvalue weighted by Gasteiger charge is -2.31. The average molecular weight is 222 g/mol. The minimum Gasteiger partial charge on any atom is -0.481 e. The Bertz CT molecular complexity index is 291. The summed E-state index contributed by atoms with van der Waals surface area (Å²) in [5, 5.41) is 9.49. The molecular weight excluding hydrogens is 200 g/mol. The van der Waals surface area contributed by atoms with E-state index in [1.165, 1.54) is 25.7 Å². The van der Waals surface area contributed by atoms with Gasteiger partial charge in [-0.1, -0.05) is 19.3 Å². The van der Waals surface area contributed by atoms with E-state index in [2.05, 4.69) is 0 Å². The summed E-state index contributed by atoms with van der Waals surface area (Å²) in [5.74, 6) is 2.06. The zero-order valence-corrected chi connectivity index (χ0v) is 9.95. The van der Waals surface area contributed by atoms with Crippen molar-refractivity contribution in [2.45, 2.75) is 57.8 Å². The van der Waals surface area contributed by atoms with Gasteiger partial charge in [-0.2, -0.15) is 0 Å². The minimum atomic E-state index is -0.507. The molecule has 2 nitrogen and oxygen atoms in total. The Hall–Kier alpha value is -0.530. The van der Waals surface area contributed by atoms with E-state index in [-0.39, 0.29) is 5.41 Å². The van der Waals surface area contributed by atoms with Gasteiger partial charge >= 0.3 is 5.97 Å². The molecule has 0 aromatic heterocycles. The Labute approximate surface area is 97.4 Å². The molecule has 3 aliphatic rings. The first kappa shape index (κ1) is 10.6. The van der Waals surface area contributed by atoms with Crippen molar-refractivity contribution < 1.29 is 9.90 Å². The standard InChI is InChI=1S/C14H22O2/c15-13(16)14(5-1-2-6-14)9-12-8-10-3-4-11(12)7-10/h10-12H,1-9H2,(H,15,16). The first-order valence-electron chi connectivity index (χ1n) is 6.93. The third-order valence-electron chi connectivity index (χ3n) is 5.55. The summed E-state index contributed by atoms with van der Waals surface area (Å²) in [4.78, 5) is 11.5. The first-order valence-corrected chi connectivity index (χ1v) is 6.93. The molecule has 0 heterocycles. The summed E-state index contributed by atoms with van der Waals surface area (Å²) in [7, 11) is 0. The fraction of sp³-hybridized carbons (Fsp3) is 0.929. The van der Waals surface area contributed by atoms with Gasteiger partial charge in [0, 0.05) is 0 Å². The molecule has 0 spiro atoms. The van der Waals surface area contributed by atoms with E-state index in [1.54, 1.807) is 0 Å². The van der Waals surface area contributed by atoms with Crippen LogP contribution in [-0.4, -0.2) is 11.1 Å². The number of carboxylic acids is 1. The molecule has 0 radical (unpaired) electrons. The summed E-state index contributed by atoms with van der Waals surface area (Å²) < 4.78 is 0. The quantitative estimate of drug-likeness (QED) is 0.794. The number of aliphatic carboxylic acids is 1. The highest BCUT2D eigenvalue weighted by Gasteiger charge is 2.48. The summed E-state index contributed by atoms with van der Waals surface area (Å²) in [5.41, 5.74) is -0.324. The van der Waals surface area contributed by atoms with Gasteiger partial charge in [0.2, 0.25) is 0 Å². The van der Waals surface area contributed by atoms with Crippen LogP contribution in [0.5, 0.6) is 0 Å². The van der Waals surface area contributed by atoms with Crippen molar-refractivity contribution in [1.82, 2.24) is 0 Å². The second kappa shape index (κ2) is 3.75. The summed E-state index contributed by atoms with van der Waals surface area (Å²) >= 11 is 0. The van der Waals surface area contributed by atoms with Crippen LogP contribution >= 0.6 is 0 Å². The molecule has 3 atom stereocenters. The van der Waals surface area contributed by atoms with Gasteiger partial charge in [0.15, 0.2) is 0 Å². The molecule has 0 aliphatic heterocycles. The van der Waals surface area contributed by atoms with Gasteiger partial charge in [0.1, 0.15) is 0 Å². The second-order valence-corrected chi connectivity index (χ2v) is 6.43. The van der Waals surface area contributed by atoms with E-state index in [0.717, 1.165) is 49.9 Å². The molecule has 3 rings (SSSR count). The van der Waals surface area contributed by atoms with Crippen molar-refractivity contribution in [1.29, 1.82) is 0 Å². The summed E-state index contributed by atoms with van der Waals surface area (Å²) in [6.07, 6.45) is 10.7. The third-order valence-corrected chi connectivity index (χ3v) is 5.55. The highest BCUT2D eigenvalue weighted by atomic mass is 16.4. The van der Waals surface area contributed by atoms with Crippen LogP contribution in [0.2, 0.25) is 0 Å². The van der Waals surface area contributed by atoms with Crippen LogP contribution < -0.4 is 0 Å². The molecule has 16 heavy (non-hydrogen) atoms. The third kappa shape index (κ3) is 1.57. The van der Waals surface area contributed by atoms with E-state index >= 15 is 0 Å². The summed E-state index contributed by atoms with van der Waals surface area (Å²) in [6.45, 7) is 0. The fourth-order valence-electron chi connectivity index (χ4n) is 4.69. The van der Waals surface area contributed by atoms with Crippen molar-refractivity contribution in [2.24, 2.45) is 23.2 Å². The molecule has 0 aromatic rings. The highest BCUT2D eigenvalue weighted by Crippen LogP contribution is 2.54. The lowest BCUT2D eigenvalue weighted by atomic mass is 9.73. The van der Waals surface area contributed by atoms with Gasteiger partial charge < -0.3 is 5.11 Å². The number of hydrogen-bond donors (Lipinski definition) is 1. The number of hydrogen-bond acceptors (Lipinski definition) is 1. The Morgan fingerprint density at radius 2 is 1.94 bits per heavy atom. The number of carbonyl (C=O) groups is 1. The zero-order chi connectivity index (χ0) is 11.2. The van der Waals surface area contributed by atoms with Crippen LogP contribution in [0.15, 0.2) is 0 Å². The van der Waals surface area contributed by atoms with Crippen molar-refractivity contribution >= 4 is 5.97 Å². The van der Waals surface area contributed by atoms with Crippen LogP contribution in [-0.2, 0) is 4.79 Å². The van der Waals surface area contributed by atoms with Crippen LogP contribution in [0.1, 0.15) is 57.8 Å². The maximum Gasteiger partial charge on any atom is 0.309 e. The van der Waals surface area contributed by atoms with Gasteiger partial charge in [-0.3, -0.25) is 4.79 Å². The van der Waals surface area contributed by atoms with E-state index in [4.69, 9.17) is 0 Å². The average Bonchev–Trinajstić information content (AvgIpc) is 2.92.